The minimum absolute atomic E-state index is 0.0203. The topological polar surface area (TPSA) is 61.4 Å². The van der Waals surface area contributed by atoms with Crippen molar-refractivity contribution in [2.75, 3.05) is 30.4 Å². The van der Waals surface area contributed by atoms with Crippen molar-refractivity contribution in [1.29, 1.82) is 0 Å². The zero-order valence-electron chi connectivity index (χ0n) is 16.0. The van der Waals surface area contributed by atoms with Crippen molar-refractivity contribution in [3.63, 3.8) is 0 Å². The quantitative estimate of drug-likeness (QED) is 0.876. The summed E-state index contributed by atoms with van der Waals surface area (Å²) >= 11 is 0. The van der Waals surface area contributed by atoms with Crippen molar-refractivity contribution < 1.29 is 9.18 Å². The van der Waals surface area contributed by atoms with Gasteiger partial charge in [-0.1, -0.05) is 26.0 Å². The summed E-state index contributed by atoms with van der Waals surface area (Å²) in [6, 6.07) is 8.18. The summed E-state index contributed by atoms with van der Waals surface area (Å²) in [4.78, 5) is 25.8. The fraction of sp³-hybridized carbons (Fsp3) is 0.450. The lowest BCUT2D eigenvalue weighted by Gasteiger charge is -2.34. The van der Waals surface area contributed by atoms with E-state index in [1.165, 1.54) is 12.1 Å². The van der Waals surface area contributed by atoms with E-state index in [0.717, 1.165) is 11.4 Å². The van der Waals surface area contributed by atoms with Gasteiger partial charge in [0.15, 0.2) is 0 Å². The minimum Gasteiger partial charge on any atom is -0.373 e. The van der Waals surface area contributed by atoms with Crippen LogP contribution in [0.15, 0.2) is 36.5 Å². The lowest BCUT2D eigenvalue weighted by Crippen LogP contribution is -2.46. The van der Waals surface area contributed by atoms with Crippen molar-refractivity contribution in [2.24, 2.45) is 5.92 Å². The molecule has 1 amide bonds. The van der Waals surface area contributed by atoms with Gasteiger partial charge in [0.05, 0.1) is 6.04 Å². The van der Waals surface area contributed by atoms with Crippen LogP contribution in [-0.2, 0) is 11.3 Å². The van der Waals surface area contributed by atoms with Crippen LogP contribution in [-0.4, -0.2) is 47.0 Å². The summed E-state index contributed by atoms with van der Waals surface area (Å²) in [5.74, 6) is 1.48. The first-order chi connectivity index (χ1) is 13.0. The number of nitrogens with zero attached hydrogens (tertiary/aromatic N) is 4. The molecule has 0 saturated carbocycles. The van der Waals surface area contributed by atoms with Crippen molar-refractivity contribution >= 4 is 17.7 Å². The molecule has 2 heterocycles. The van der Waals surface area contributed by atoms with E-state index in [1.807, 2.05) is 18.0 Å². The van der Waals surface area contributed by atoms with E-state index in [1.54, 1.807) is 18.3 Å². The number of hydrogen-bond acceptors (Lipinski definition) is 5. The van der Waals surface area contributed by atoms with Gasteiger partial charge in [-0.3, -0.25) is 4.79 Å². The Morgan fingerprint density at radius 3 is 2.67 bits per heavy atom. The summed E-state index contributed by atoms with van der Waals surface area (Å²) in [6.07, 6.45) is 2.12. The maximum absolute atomic E-state index is 13.2. The maximum atomic E-state index is 13.2. The van der Waals surface area contributed by atoms with Gasteiger partial charge < -0.3 is 15.1 Å². The van der Waals surface area contributed by atoms with E-state index < -0.39 is 0 Å². The maximum Gasteiger partial charge on any atom is 0.227 e. The molecule has 1 unspecified atom stereocenters. The van der Waals surface area contributed by atoms with E-state index in [9.17, 15) is 9.18 Å². The number of rotatable bonds is 5. The van der Waals surface area contributed by atoms with Gasteiger partial charge in [0.1, 0.15) is 11.6 Å². The Labute approximate surface area is 159 Å². The number of halogens is 1. The SMILES string of the molecule is CNc1ccnc(N2CCC(=O)N(Cc3ccc(F)cc3)C(C(C)C)C2)n1. The third-order valence-electron chi connectivity index (χ3n) is 4.94. The zero-order chi connectivity index (χ0) is 19.4. The number of carbonyl (C=O) groups is 1. The third-order valence-corrected chi connectivity index (χ3v) is 4.94. The molecule has 27 heavy (non-hydrogen) atoms. The van der Waals surface area contributed by atoms with Crippen molar-refractivity contribution in [3.8, 4) is 0 Å². The fourth-order valence-electron chi connectivity index (χ4n) is 3.36. The summed E-state index contributed by atoms with van der Waals surface area (Å²) in [5, 5.41) is 3.03. The van der Waals surface area contributed by atoms with Gasteiger partial charge in [-0.2, -0.15) is 4.98 Å². The highest BCUT2D eigenvalue weighted by Crippen LogP contribution is 2.23. The predicted octanol–water partition coefficient (Wildman–Crippen LogP) is 2.92. The van der Waals surface area contributed by atoms with Crippen LogP contribution in [0.4, 0.5) is 16.2 Å². The molecule has 1 N–H and O–H groups in total. The van der Waals surface area contributed by atoms with Crippen molar-refractivity contribution in [2.45, 2.75) is 32.9 Å². The van der Waals surface area contributed by atoms with E-state index in [0.29, 0.717) is 32.0 Å². The first kappa shape index (κ1) is 19.1. The van der Waals surface area contributed by atoms with Gasteiger partial charge in [-0.05, 0) is 29.7 Å². The van der Waals surface area contributed by atoms with Crippen LogP contribution in [0.3, 0.4) is 0 Å². The number of nitrogens with one attached hydrogen (secondary N) is 1. The lowest BCUT2D eigenvalue weighted by molar-refractivity contribution is -0.134. The van der Waals surface area contributed by atoms with Gasteiger partial charge in [0, 0.05) is 39.3 Å². The number of aromatic nitrogens is 2. The molecule has 1 atom stereocenters. The lowest BCUT2D eigenvalue weighted by atomic mass is 10.0. The monoisotopic (exact) mass is 371 g/mol. The molecule has 0 aliphatic carbocycles. The molecule has 3 rings (SSSR count). The molecule has 1 aliphatic heterocycles. The molecule has 1 fully saturated rings. The molecule has 6 nitrogen and oxygen atoms in total. The van der Waals surface area contributed by atoms with Gasteiger partial charge in [-0.15, -0.1) is 0 Å². The Kier molecular flexibility index (Phi) is 5.88. The molecule has 2 aromatic rings. The number of hydrogen-bond donors (Lipinski definition) is 1. The van der Waals surface area contributed by atoms with Crippen molar-refractivity contribution in [1.82, 2.24) is 14.9 Å². The summed E-state index contributed by atoms with van der Waals surface area (Å²) in [5.41, 5.74) is 0.928. The molecule has 0 spiro atoms. The molecule has 0 radical (unpaired) electrons. The Morgan fingerprint density at radius 2 is 2.00 bits per heavy atom. The first-order valence-electron chi connectivity index (χ1n) is 9.27. The number of carbonyl (C=O) groups excluding carboxylic acids is 1. The van der Waals surface area contributed by atoms with E-state index >= 15 is 0 Å². The Bertz CT molecular complexity index is 780. The molecule has 1 aromatic carbocycles. The molecule has 1 aromatic heterocycles. The molecular weight excluding hydrogens is 345 g/mol. The standard InChI is InChI=1S/C20H26FN5O/c1-14(2)17-13-25(20-23-10-8-18(22-3)24-20)11-9-19(27)26(17)12-15-4-6-16(21)7-5-15/h4-8,10,14,17H,9,11-13H2,1-3H3,(H,22,23,24). The van der Waals surface area contributed by atoms with Gasteiger partial charge in [0.25, 0.3) is 0 Å². The molecule has 1 saturated heterocycles. The Hall–Kier alpha value is -2.70. The number of benzene rings is 1. The average molecular weight is 371 g/mol. The normalized spacial score (nSPS) is 18.0. The highest BCUT2D eigenvalue weighted by Gasteiger charge is 2.32. The van der Waals surface area contributed by atoms with E-state index in [-0.39, 0.29) is 23.7 Å². The third kappa shape index (κ3) is 4.53. The molecular formula is C20H26FN5O. The van der Waals surface area contributed by atoms with Gasteiger partial charge in [-0.25, -0.2) is 9.37 Å². The van der Waals surface area contributed by atoms with Crippen LogP contribution in [0.2, 0.25) is 0 Å². The second-order valence-corrected chi connectivity index (χ2v) is 7.15. The molecule has 144 valence electrons. The van der Waals surface area contributed by atoms with Crippen molar-refractivity contribution in [3.05, 3.63) is 47.9 Å². The second kappa shape index (κ2) is 8.33. The largest absolute Gasteiger partial charge is 0.373 e. The highest BCUT2D eigenvalue weighted by molar-refractivity contribution is 5.78. The van der Waals surface area contributed by atoms with Gasteiger partial charge in [0.2, 0.25) is 11.9 Å². The average Bonchev–Trinajstić information content (AvgIpc) is 2.83. The van der Waals surface area contributed by atoms with E-state index in [4.69, 9.17) is 0 Å². The smallest absolute Gasteiger partial charge is 0.227 e. The van der Waals surface area contributed by atoms with E-state index in [2.05, 4.69) is 34.0 Å². The molecule has 0 bridgehead atoms. The van der Waals surface area contributed by atoms with Crippen LogP contribution < -0.4 is 10.2 Å². The Balaban J connectivity index is 1.84. The zero-order valence-corrected chi connectivity index (χ0v) is 16.0. The first-order valence-corrected chi connectivity index (χ1v) is 9.27. The minimum atomic E-state index is -0.269. The number of amides is 1. The number of anilines is 2. The molecule has 7 heteroatoms. The summed E-state index contributed by atoms with van der Waals surface area (Å²) in [6.45, 7) is 5.95. The van der Waals surface area contributed by atoms with Crippen LogP contribution >= 0.6 is 0 Å². The fourth-order valence-corrected chi connectivity index (χ4v) is 3.36. The van der Waals surface area contributed by atoms with Crippen LogP contribution in [0.1, 0.15) is 25.8 Å². The van der Waals surface area contributed by atoms with Crippen LogP contribution in [0.25, 0.3) is 0 Å². The summed E-state index contributed by atoms with van der Waals surface area (Å²) < 4.78 is 13.2. The second-order valence-electron chi connectivity index (χ2n) is 7.15. The van der Waals surface area contributed by atoms with Crippen LogP contribution in [0, 0.1) is 11.7 Å². The molecule has 1 aliphatic rings. The summed E-state index contributed by atoms with van der Waals surface area (Å²) in [7, 11) is 1.82. The Morgan fingerprint density at radius 1 is 1.26 bits per heavy atom. The highest BCUT2D eigenvalue weighted by atomic mass is 19.1. The van der Waals surface area contributed by atoms with Crippen LogP contribution in [0.5, 0.6) is 0 Å². The predicted molar refractivity (Wildman–Crippen MR) is 104 cm³/mol. The van der Waals surface area contributed by atoms with Gasteiger partial charge >= 0.3 is 0 Å².